The maximum atomic E-state index is 12.0. The van der Waals surface area contributed by atoms with Crippen molar-refractivity contribution in [2.75, 3.05) is 5.32 Å². The maximum Gasteiger partial charge on any atom is 0.261 e. The Hall–Kier alpha value is -1.36. The third-order valence-electron chi connectivity index (χ3n) is 3.75. The second-order valence-electron chi connectivity index (χ2n) is 5.18. The second-order valence-corrected chi connectivity index (χ2v) is 6.29. The lowest BCUT2D eigenvalue weighted by Gasteiger charge is -2.22. The number of fused-ring (bicyclic) bond motifs is 1. The van der Waals surface area contributed by atoms with E-state index in [4.69, 9.17) is 0 Å². The van der Waals surface area contributed by atoms with Gasteiger partial charge in [0.25, 0.3) is 5.56 Å². The predicted octanol–water partition coefficient (Wildman–Crippen LogP) is 3.29. The van der Waals surface area contributed by atoms with Gasteiger partial charge in [0, 0.05) is 10.9 Å². The summed E-state index contributed by atoms with van der Waals surface area (Å²) in [6.07, 6.45) is 7.16. The first-order valence-electron chi connectivity index (χ1n) is 7.05. The van der Waals surface area contributed by atoms with Crippen molar-refractivity contribution >= 4 is 27.5 Å². The van der Waals surface area contributed by atoms with E-state index in [0.717, 1.165) is 16.6 Å². The average molecular weight is 277 g/mol. The average Bonchev–Trinajstić information content (AvgIpc) is 2.83. The molecule has 1 saturated carbocycles. The van der Waals surface area contributed by atoms with Crippen LogP contribution in [0.3, 0.4) is 0 Å². The minimum Gasteiger partial charge on any atom is -0.353 e. The fourth-order valence-electron chi connectivity index (χ4n) is 2.66. The number of hydrogen-bond acceptors (Lipinski definition) is 4. The van der Waals surface area contributed by atoms with Gasteiger partial charge in [-0.3, -0.25) is 9.78 Å². The van der Waals surface area contributed by atoms with Crippen molar-refractivity contribution in [3.05, 3.63) is 21.3 Å². The van der Waals surface area contributed by atoms with E-state index in [-0.39, 0.29) is 5.56 Å². The van der Waals surface area contributed by atoms with Gasteiger partial charge in [-0.15, -0.1) is 11.3 Å². The van der Waals surface area contributed by atoms with Crippen LogP contribution < -0.4 is 10.9 Å². The SMILES string of the molecule is CCc1cc2c(=O)[nH]c(NC3CCCCC3)nc2s1. The first-order valence-corrected chi connectivity index (χ1v) is 7.87. The van der Waals surface area contributed by atoms with Crippen molar-refractivity contribution in [2.24, 2.45) is 0 Å². The van der Waals surface area contributed by atoms with Crippen LogP contribution in [0, 0.1) is 0 Å². The van der Waals surface area contributed by atoms with E-state index in [9.17, 15) is 4.79 Å². The standard InChI is InChI=1S/C14H19N3OS/c1-2-10-8-11-12(18)16-14(17-13(11)19-10)15-9-6-4-3-5-7-9/h8-9H,2-7H2,1H3,(H2,15,16,17,18). The maximum absolute atomic E-state index is 12.0. The van der Waals surface area contributed by atoms with Gasteiger partial charge in [-0.25, -0.2) is 4.98 Å². The summed E-state index contributed by atoms with van der Waals surface area (Å²) in [6.45, 7) is 2.10. The highest BCUT2D eigenvalue weighted by Crippen LogP contribution is 2.24. The molecule has 1 aliphatic carbocycles. The normalized spacial score (nSPS) is 16.9. The molecule has 1 aliphatic rings. The molecule has 1 fully saturated rings. The number of hydrogen-bond donors (Lipinski definition) is 2. The van der Waals surface area contributed by atoms with Crippen molar-refractivity contribution in [2.45, 2.75) is 51.5 Å². The Bertz CT molecular complexity index is 625. The Kier molecular flexibility index (Phi) is 3.55. The topological polar surface area (TPSA) is 57.8 Å². The van der Waals surface area contributed by atoms with Crippen molar-refractivity contribution in [1.29, 1.82) is 0 Å². The molecule has 0 bridgehead atoms. The van der Waals surface area contributed by atoms with Crippen LogP contribution >= 0.6 is 11.3 Å². The molecule has 0 aliphatic heterocycles. The molecule has 0 atom stereocenters. The largest absolute Gasteiger partial charge is 0.353 e. The van der Waals surface area contributed by atoms with Crippen molar-refractivity contribution in [1.82, 2.24) is 9.97 Å². The third-order valence-corrected chi connectivity index (χ3v) is 4.92. The molecule has 2 aromatic heterocycles. The molecule has 5 heteroatoms. The number of nitrogens with one attached hydrogen (secondary N) is 2. The molecule has 2 heterocycles. The summed E-state index contributed by atoms with van der Waals surface area (Å²) in [5.74, 6) is 0.633. The smallest absolute Gasteiger partial charge is 0.261 e. The minimum atomic E-state index is -0.0285. The number of nitrogens with zero attached hydrogens (tertiary/aromatic N) is 1. The number of H-pyrrole nitrogens is 1. The summed E-state index contributed by atoms with van der Waals surface area (Å²) in [7, 11) is 0. The first kappa shape index (κ1) is 12.7. The van der Waals surface area contributed by atoms with Crippen molar-refractivity contribution < 1.29 is 0 Å². The zero-order valence-corrected chi connectivity index (χ0v) is 12.0. The van der Waals surface area contributed by atoms with E-state index in [1.54, 1.807) is 11.3 Å². The highest BCUT2D eigenvalue weighted by molar-refractivity contribution is 7.18. The summed E-state index contributed by atoms with van der Waals surface area (Å²) in [4.78, 5) is 21.5. The fourth-order valence-corrected chi connectivity index (χ4v) is 3.63. The van der Waals surface area contributed by atoms with Crippen LogP contribution in [0.2, 0.25) is 0 Å². The molecule has 0 saturated heterocycles. The highest BCUT2D eigenvalue weighted by atomic mass is 32.1. The Morgan fingerprint density at radius 2 is 2.21 bits per heavy atom. The van der Waals surface area contributed by atoms with E-state index < -0.39 is 0 Å². The molecular weight excluding hydrogens is 258 g/mol. The zero-order chi connectivity index (χ0) is 13.2. The molecule has 0 amide bonds. The number of aromatic amines is 1. The summed E-state index contributed by atoms with van der Waals surface area (Å²) < 4.78 is 0. The zero-order valence-electron chi connectivity index (χ0n) is 11.2. The van der Waals surface area contributed by atoms with Crippen LogP contribution in [0.15, 0.2) is 10.9 Å². The fraction of sp³-hybridized carbons (Fsp3) is 0.571. The van der Waals surface area contributed by atoms with Gasteiger partial charge in [-0.1, -0.05) is 26.2 Å². The molecule has 102 valence electrons. The van der Waals surface area contributed by atoms with Gasteiger partial charge in [-0.2, -0.15) is 0 Å². The van der Waals surface area contributed by atoms with Crippen LogP contribution in [0.5, 0.6) is 0 Å². The highest BCUT2D eigenvalue weighted by Gasteiger charge is 2.15. The van der Waals surface area contributed by atoms with Gasteiger partial charge in [-0.05, 0) is 25.3 Å². The monoisotopic (exact) mass is 277 g/mol. The lowest BCUT2D eigenvalue weighted by Crippen LogP contribution is -2.25. The molecule has 0 unspecified atom stereocenters. The van der Waals surface area contributed by atoms with Gasteiger partial charge >= 0.3 is 0 Å². The number of thiophene rings is 1. The Morgan fingerprint density at radius 3 is 2.95 bits per heavy atom. The molecule has 2 aromatic rings. The van der Waals surface area contributed by atoms with E-state index in [0.29, 0.717) is 12.0 Å². The summed E-state index contributed by atoms with van der Waals surface area (Å²) in [5, 5.41) is 4.10. The Morgan fingerprint density at radius 1 is 1.42 bits per heavy atom. The first-order chi connectivity index (χ1) is 9.26. The van der Waals surface area contributed by atoms with Gasteiger partial charge in [0.2, 0.25) is 5.95 Å². The number of rotatable bonds is 3. The molecule has 19 heavy (non-hydrogen) atoms. The Labute approximate surface area is 116 Å². The Balaban J connectivity index is 1.89. The lowest BCUT2D eigenvalue weighted by molar-refractivity contribution is 0.461. The van der Waals surface area contributed by atoms with Crippen LogP contribution in [-0.2, 0) is 6.42 Å². The van der Waals surface area contributed by atoms with Crippen molar-refractivity contribution in [3.8, 4) is 0 Å². The summed E-state index contributed by atoms with van der Waals surface area (Å²) in [5.41, 5.74) is -0.0285. The van der Waals surface area contributed by atoms with Crippen LogP contribution in [0.1, 0.15) is 43.9 Å². The summed E-state index contributed by atoms with van der Waals surface area (Å²) >= 11 is 1.62. The molecule has 0 spiro atoms. The molecule has 0 aromatic carbocycles. The van der Waals surface area contributed by atoms with E-state index in [1.807, 2.05) is 6.07 Å². The lowest BCUT2D eigenvalue weighted by atomic mass is 9.96. The molecule has 2 N–H and O–H groups in total. The van der Waals surface area contributed by atoms with Crippen LogP contribution in [-0.4, -0.2) is 16.0 Å². The van der Waals surface area contributed by atoms with Crippen molar-refractivity contribution in [3.63, 3.8) is 0 Å². The number of aromatic nitrogens is 2. The third kappa shape index (κ3) is 2.66. The van der Waals surface area contributed by atoms with Gasteiger partial charge < -0.3 is 5.32 Å². The summed E-state index contributed by atoms with van der Waals surface area (Å²) in [6, 6.07) is 2.41. The van der Waals surface area contributed by atoms with Crippen LogP contribution in [0.25, 0.3) is 10.2 Å². The molecule has 0 radical (unpaired) electrons. The van der Waals surface area contributed by atoms with Gasteiger partial charge in [0.05, 0.1) is 5.39 Å². The van der Waals surface area contributed by atoms with E-state index in [2.05, 4.69) is 22.2 Å². The minimum absolute atomic E-state index is 0.0285. The second kappa shape index (κ2) is 5.33. The number of aryl methyl sites for hydroxylation is 1. The van der Waals surface area contributed by atoms with Gasteiger partial charge in [0.15, 0.2) is 0 Å². The molecule has 3 rings (SSSR count). The van der Waals surface area contributed by atoms with E-state index in [1.165, 1.54) is 37.0 Å². The van der Waals surface area contributed by atoms with Crippen LogP contribution in [0.4, 0.5) is 5.95 Å². The van der Waals surface area contributed by atoms with E-state index >= 15 is 0 Å². The molecular formula is C14H19N3OS. The number of anilines is 1. The predicted molar refractivity (Wildman–Crippen MR) is 80.1 cm³/mol. The molecule has 4 nitrogen and oxygen atoms in total. The van der Waals surface area contributed by atoms with Gasteiger partial charge in [0.1, 0.15) is 4.83 Å². The quantitative estimate of drug-likeness (QED) is 0.905.